The van der Waals surface area contributed by atoms with Gasteiger partial charge in [-0.1, -0.05) is 11.6 Å². The van der Waals surface area contributed by atoms with Crippen LogP contribution in [0.15, 0.2) is 18.5 Å². The molecule has 0 atom stereocenters. The lowest BCUT2D eigenvalue weighted by molar-refractivity contribution is 0.363. The highest BCUT2D eigenvalue weighted by Crippen LogP contribution is 2.27. The van der Waals surface area contributed by atoms with Crippen molar-refractivity contribution >= 4 is 34.8 Å². The summed E-state index contributed by atoms with van der Waals surface area (Å²) < 4.78 is 0. The van der Waals surface area contributed by atoms with Crippen LogP contribution in [0.4, 0.5) is 17.5 Å². The molecule has 0 unspecified atom stereocenters. The minimum Gasteiger partial charge on any atom is -0.382 e. The van der Waals surface area contributed by atoms with Gasteiger partial charge < -0.3 is 21.7 Å². The van der Waals surface area contributed by atoms with E-state index in [-0.39, 0.29) is 17.1 Å². The largest absolute Gasteiger partial charge is 0.382 e. The van der Waals surface area contributed by atoms with Gasteiger partial charge in [0.1, 0.15) is 17.3 Å². The van der Waals surface area contributed by atoms with Gasteiger partial charge in [0.15, 0.2) is 5.82 Å². The van der Waals surface area contributed by atoms with E-state index in [0.29, 0.717) is 27.9 Å². The second-order valence-electron chi connectivity index (χ2n) is 6.75. The van der Waals surface area contributed by atoms with Gasteiger partial charge in [0.05, 0.1) is 16.9 Å². The number of aromatic nitrogens is 3. The van der Waals surface area contributed by atoms with Gasteiger partial charge in [-0.05, 0) is 25.8 Å². The maximum atomic E-state index is 8.44. The molecule has 1 saturated heterocycles. The molecule has 0 bridgehead atoms. The first-order valence-electron chi connectivity index (χ1n) is 8.40. The van der Waals surface area contributed by atoms with Gasteiger partial charge in [-0.15, -0.1) is 0 Å². The van der Waals surface area contributed by atoms with Crippen LogP contribution in [0, 0.1) is 5.41 Å². The number of rotatable bonds is 4. The molecule has 0 radical (unpaired) electrons. The second kappa shape index (κ2) is 7.05. The van der Waals surface area contributed by atoms with Crippen LogP contribution in [-0.2, 0) is 0 Å². The van der Waals surface area contributed by atoms with Crippen LogP contribution in [0.3, 0.4) is 0 Å². The van der Waals surface area contributed by atoms with Gasteiger partial charge in [-0.3, -0.25) is 5.41 Å². The number of halogens is 1. The third-order valence-electron chi connectivity index (χ3n) is 4.65. The van der Waals surface area contributed by atoms with Gasteiger partial charge >= 0.3 is 0 Å². The third-order valence-corrected chi connectivity index (χ3v) is 5.03. The van der Waals surface area contributed by atoms with Crippen LogP contribution >= 0.6 is 11.6 Å². The van der Waals surface area contributed by atoms with E-state index >= 15 is 0 Å². The molecule has 6 N–H and O–H groups in total. The molecule has 3 rings (SSSR count). The highest BCUT2D eigenvalue weighted by atomic mass is 35.5. The second-order valence-corrected chi connectivity index (χ2v) is 7.13. The summed E-state index contributed by atoms with van der Waals surface area (Å²) in [6.45, 7) is 3.67. The zero-order valence-electron chi connectivity index (χ0n) is 14.9. The molecule has 1 aliphatic heterocycles. The standard InChI is InChI=1S/C17H23ClN8/c1-17(21)4-7-26(8-5-17)11-9-24-14(15(20)25-11)13(19)10-3-6-23-16(22-2)12(10)18/h3,6,9,19H,4-5,7-8,21H2,1-2H3,(H2,20,25)(H,22,23). The fourth-order valence-electron chi connectivity index (χ4n) is 2.92. The number of nitrogens with one attached hydrogen (secondary N) is 2. The lowest BCUT2D eigenvalue weighted by Gasteiger charge is -2.37. The van der Waals surface area contributed by atoms with Crippen molar-refractivity contribution in [3.8, 4) is 0 Å². The Labute approximate surface area is 157 Å². The predicted octanol–water partition coefficient (Wildman–Crippen LogP) is 1.88. The summed E-state index contributed by atoms with van der Waals surface area (Å²) in [5, 5.41) is 11.7. The normalized spacial score (nSPS) is 16.4. The zero-order chi connectivity index (χ0) is 18.9. The number of nitrogen functional groups attached to an aromatic ring is 1. The van der Waals surface area contributed by atoms with Crippen molar-refractivity contribution in [3.05, 3.63) is 34.7 Å². The molecule has 26 heavy (non-hydrogen) atoms. The Kier molecular flexibility index (Phi) is 4.97. The number of piperidine rings is 1. The zero-order valence-corrected chi connectivity index (χ0v) is 15.6. The van der Waals surface area contributed by atoms with E-state index in [1.54, 1.807) is 25.5 Å². The summed E-state index contributed by atoms with van der Waals surface area (Å²) in [6.07, 6.45) is 4.99. The summed E-state index contributed by atoms with van der Waals surface area (Å²) in [5.74, 6) is 1.40. The first kappa shape index (κ1) is 18.3. The van der Waals surface area contributed by atoms with Gasteiger partial charge in [-0.25, -0.2) is 15.0 Å². The summed E-state index contributed by atoms with van der Waals surface area (Å²) in [5.41, 5.74) is 13.0. The number of pyridine rings is 1. The molecule has 138 valence electrons. The molecule has 0 saturated carbocycles. The van der Waals surface area contributed by atoms with Crippen molar-refractivity contribution < 1.29 is 0 Å². The Hall–Kier alpha value is -2.45. The number of nitrogens with zero attached hydrogens (tertiary/aromatic N) is 4. The summed E-state index contributed by atoms with van der Waals surface area (Å²) >= 11 is 6.31. The average molecular weight is 375 g/mol. The fourth-order valence-corrected chi connectivity index (χ4v) is 3.22. The van der Waals surface area contributed by atoms with Crippen molar-refractivity contribution in [3.63, 3.8) is 0 Å². The number of nitrogens with two attached hydrogens (primary N) is 2. The molecule has 1 fully saturated rings. The first-order chi connectivity index (χ1) is 12.3. The van der Waals surface area contributed by atoms with Crippen LogP contribution in [0.1, 0.15) is 31.0 Å². The van der Waals surface area contributed by atoms with E-state index in [9.17, 15) is 0 Å². The Balaban J connectivity index is 1.85. The van der Waals surface area contributed by atoms with Crippen molar-refractivity contribution in [2.24, 2.45) is 5.73 Å². The van der Waals surface area contributed by atoms with Crippen LogP contribution in [0.5, 0.6) is 0 Å². The van der Waals surface area contributed by atoms with Crippen LogP contribution in [0.25, 0.3) is 0 Å². The molecule has 9 heteroatoms. The number of hydrogen-bond acceptors (Lipinski definition) is 8. The summed E-state index contributed by atoms with van der Waals surface area (Å²) in [4.78, 5) is 15.1. The molecule has 2 aromatic heterocycles. The summed E-state index contributed by atoms with van der Waals surface area (Å²) in [7, 11) is 1.72. The lowest BCUT2D eigenvalue weighted by atomic mass is 9.91. The van der Waals surface area contributed by atoms with Gasteiger partial charge in [-0.2, -0.15) is 0 Å². The van der Waals surface area contributed by atoms with Gasteiger partial charge in [0.25, 0.3) is 0 Å². The van der Waals surface area contributed by atoms with E-state index in [1.807, 2.05) is 0 Å². The van der Waals surface area contributed by atoms with Crippen LogP contribution in [0.2, 0.25) is 5.02 Å². The van der Waals surface area contributed by atoms with Crippen LogP contribution < -0.4 is 21.7 Å². The fraction of sp³-hybridized carbons (Fsp3) is 0.412. The minimum atomic E-state index is -0.138. The smallest absolute Gasteiger partial charge is 0.154 e. The van der Waals surface area contributed by atoms with Crippen molar-refractivity contribution in [1.82, 2.24) is 15.0 Å². The van der Waals surface area contributed by atoms with Gasteiger partial charge in [0, 0.05) is 37.4 Å². The number of hydrogen-bond donors (Lipinski definition) is 4. The van der Waals surface area contributed by atoms with E-state index in [4.69, 9.17) is 28.5 Å². The lowest BCUT2D eigenvalue weighted by Crippen LogP contribution is -2.48. The topological polar surface area (TPSA) is 130 Å². The molecule has 0 spiro atoms. The molecule has 1 aliphatic rings. The Morgan fingerprint density at radius 3 is 2.65 bits per heavy atom. The molecule has 0 aliphatic carbocycles. The van der Waals surface area contributed by atoms with E-state index in [1.165, 1.54) is 0 Å². The van der Waals surface area contributed by atoms with Gasteiger partial charge in [0.2, 0.25) is 0 Å². The van der Waals surface area contributed by atoms with E-state index in [0.717, 1.165) is 25.9 Å². The van der Waals surface area contributed by atoms with Crippen LogP contribution in [-0.4, -0.2) is 46.3 Å². The molecule has 0 amide bonds. The third kappa shape index (κ3) is 3.56. The molecule has 3 heterocycles. The van der Waals surface area contributed by atoms with E-state index in [2.05, 4.69) is 32.1 Å². The van der Waals surface area contributed by atoms with Crippen molar-refractivity contribution in [2.75, 3.05) is 36.1 Å². The Morgan fingerprint density at radius 2 is 2.04 bits per heavy atom. The maximum absolute atomic E-state index is 8.44. The highest BCUT2D eigenvalue weighted by Gasteiger charge is 2.27. The van der Waals surface area contributed by atoms with Crippen molar-refractivity contribution in [2.45, 2.75) is 25.3 Å². The summed E-state index contributed by atoms with van der Waals surface area (Å²) in [6, 6.07) is 1.66. The Bertz CT molecular complexity index is 826. The maximum Gasteiger partial charge on any atom is 0.154 e. The number of anilines is 3. The molecule has 2 aromatic rings. The monoisotopic (exact) mass is 374 g/mol. The highest BCUT2D eigenvalue weighted by molar-refractivity contribution is 6.37. The predicted molar refractivity (Wildman–Crippen MR) is 105 cm³/mol. The first-order valence-corrected chi connectivity index (χ1v) is 8.78. The molecular formula is C17H23ClN8. The molecular weight excluding hydrogens is 352 g/mol. The van der Waals surface area contributed by atoms with E-state index < -0.39 is 0 Å². The minimum absolute atomic E-state index is 0.110. The SMILES string of the molecule is CNc1nccc(C(=N)c2ncc(N3CCC(C)(N)CC3)nc2N)c1Cl. The quantitative estimate of drug-likeness (QED) is 0.601. The average Bonchev–Trinajstić information content (AvgIpc) is 2.61. The Morgan fingerprint density at radius 1 is 1.35 bits per heavy atom. The van der Waals surface area contributed by atoms with Crippen molar-refractivity contribution in [1.29, 1.82) is 5.41 Å². The molecule has 8 nitrogen and oxygen atoms in total. The molecule has 0 aromatic carbocycles.